The van der Waals surface area contributed by atoms with E-state index in [-0.39, 0.29) is 5.82 Å². The topological polar surface area (TPSA) is 35.8 Å². The van der Waals surface area contributed by atoms with E-state index in [0.29, 0.717) is 0 Å². The van der Waals surface area contributed by atoms with Crippen LogP contribution in [0.2, 0.25) is 0 Å². The third-order valence-corrected chi connectivity index (χ3v) is 3.12. The molecule has 96 valence electrons. The molecule has 0 radical (unpaired) electrons. The first-order valence-corrected chi connectivity index (χ1v) is 6.09. The summed E-state index contributed by atoms with van der Waals surface area (Å²) < 4.78 is 12.9. The van der Waals surface area contributed by atoms with Gasteiger partial charge in [-0.1, -0.05) is 18.2 Å². The second-order valence-electron chi connectivity index (χ2n) is 4.52. The van der Waals surface area contributed by atoms with Crippen molar-refractivity contribution in [1.29, 1.82) is 5.26 Å². The van der Waals surface area contributed by atoms with Crippen molar-refractivity contribution in [2.24, 2.45) is 0 Å². The van der Waals surface area contributed by atoms with Gasteiger partial charge in [-0.15, -0.1) is 0 Å². The lowest BCUT2D eigenvalue weighted by Crippen LogP contribution is -2.11. The maximum atomic E-state index is 12.9. The minimum atomic E-state index is -0.438. The molecule has 2 rings (SSSR count). The summed E-state index contributed by atoms with van der Waals surface area (Å²) in [6.07, 6.45) is 0. The van der Waals surface area contributed by atoms with E-state index in [1.165, 1.54) is 12.1 Å². The summed E-state index contributed by atoms with van der Waals surface area (Å²) in [5.74, 6) is -0.286. The van der Waals surface area contributed by atoms with Crippen LogP contribution >= 0.6 is 0 Å². The van der Waals surface area contributed by atoms with E-state index in [4.69, 9.17) is 0 Å². The molecule has 2 aromatic rings. The van der Waals surface area contributed by atoms with E-state index < -0.39 is 6.04 Å². The first-order chi connectivity index (χ1) is 9.11. The van der Waals surface area contributed by atoms with Crippen molar-refractivity contribution in [2.45, 2.75) is 19.9 Å². The van der Waals surface area contributed by atoms with Gasteiger partial charge in [-0.05, 0) is 54.8 Å². The zero-order valence-corrected chi connectivity index (χ0v) is 10.9. The number of anilines is 1. The summed E-state index contributed by atoms with van der Waals surface area (Å²) in [6.45, 7) is 3.97. The summed E-state index contributed by atoms with van der Waals surface area (Å²) in [6, 6.07) is 13.8. The highest BCUT2D eigenvalue weighted by Crippen LogP contribution is 2.25. The zero-order chi connectivity index (χ0) is 13.8. The van der Waals surface area contributed by atoms with Crippen molar-refractivity contribution >= 4 is 5.69 Å². The van der Waals surface area contributed by atoms with Crippen molar-refractivity contribution in [1.82, 2.24) is 0 Å². The highest BCUT2D eigenvalue weighted by atomic mass is 19.1. The van der Waals surface area contributed by atoms with E-state index in [2.05, 4.69) is 11.4 Å². The van der Waals surface area contributed by atoms with E-state index in [9.17, 15) is 9.65 Å². The van der Waals surface area contributed by atoms with Crippen molar-refractivity contribution in [3.8, 4) is 6.07 Å². The molecule has 0 heterocycles. The molecule has 2 nitrogen and oxygen atoms in total. The molecular formula is C16H15FN2. The van der Waals surface area contributed by atoms with Crippen molar-refractivity contribution < 1.29 is 4.39 Å². The molecule has 0 amide bonds. The van der Waals surface area contributed by atoms with Crippen molar-refractivity contribution in [2.75, 3.05) is 5.32 Å². The number of halogens is 1. The fourth-order valence-corrected chi connectivity index (χ4v) is 2.16. The van der Waals surface area contributed by atoms with Crippen LogP contribution in [0.3, 0.4) is 0 Å². The zero-order valence-electron chi connectivity index (χ0n) is 10.9. The summed E-state index contributed by atoms with van der Waals surface area (Å²) in [7, 11) is 0. The van der Waals surface area contributed by atoms with Crippen LogP contribution in [0.4, 0.5) is 10.1 Å². The van der Waals surface area contributed by atoms with Gasteiger partial charge in [-0.3, -0.25) is 0 Å². The number of rotatable bonds is 3. The standard InChI is InChI=1S/C16H15FN2/c1-11-4-3-5-12(2)16(11)15(10-18)19-14-8-6-13(17)7-9-14/h3-9,15,19H,1-2H3. The molecule has 0 bridgehead atoms. The maximum absolute atomic E-state index is 12.9. The molecule has 0 aliphatic carbocycles. The maximum Gasteiger partial charge on any atom is 0.140 e. The Hall–Kier alpha value is -2.34. The van der Waals surface area contributed by atoms with Gasteiger partial charge in [0.15, 0.2) is 0 Å². The van der Waals surface area contributed by atoms with Gasteiger partial charge in [-0.25, -0.2) is 4.39 Å². The Morgan fingerprint density at radius 2 is 1.63 bits per heavy atom. The molecule has 1 N–H and O–H groups in total. The van der Waals surface area contributed by atoms with E-state index in [0.717, 1.165) is 22.4 Å². The van der Waals surface area contributed by atoms with Crippen LogP contribution in [0.1, 0.15) is 22.7 Å². The number of benzene rings is 2. The fourth-order valence-electron chi connectivity index (χ4n) is 2.16. The van der Waals surface area contributed by atoms with Gasteiger partial charge in [0.05, 0.1) is 6.07 Å². The lowest BCUT2D eigenvalue weighted by atomic mass is 9.96. The Kier molecular flexibility index (Phi) is 3.82. The van der Waals surface area contributed by atoms with E-state index in [1.54, 1.807) is 12.1 Å². The Morgan fingerprint density at radius 1 is 1.05 bits per heavy atom. The Labute approximate surface area is 112 Å². The fraction of sp³-hybridized carbons (Fsp3) is 0.188. The molecule has 0 aliphatic heterocycles. The molecule has 0 spiro atoms. The molecule has 0 fully saturated rings. The lowest BCUT2D eigenvalue weighted by Gasteiger charge is -2.17. The summed E-state index contributed by atoms with van der Waals surface area (Å²) in [5.41, 5.74) is 3.85. The van der Waals surface area contributed by atoms with Crippen LogP contribution in [-0.2, 0) is 0 Å². The smallest absolute Gasteiger partial charge is 0.140 e. The monoisotopic (exact) mass is 254 g/mol. The quantitative estimate of drug-likeness (QED) is 0.894. The van der Waals surface area contributed by atoms with Gasteiger partial charge >= 0.3 is 0 Å². The van der Waals surface area contributed by atoms with E-state index >= 15 is 0 Å². The first kappa shape index (κ1) is 13.1. The number of nitrogens with zero attached hydrogens (tertiary/aromatic N) is 1. The second-order valence-corrected chi connectivity index (χ2v) is 4.52. The predicted octanol–water partition coefficient (Wildman–Crippen LogP) is 4.12. The van der Waals surface area contributed by atoms with Gasteiger partial charge in [0.25, 0.3) is 0 Å². The number of nitriles is 1. The molecule has 0 saturated heterocycles. The van der Waals surface area contributed by atoms with Crippen molar-refractivity contribution in [3.05, 3.63) is 65.0 Å². The second kappa shape index (κ2) is 5.53. The third kappa shape index (κ3) is 2.92. The Bertz CT molecular complexity index is 591. The molecule has 3 heteroatoms. The SMILES string of the molecule is Cc1cccc(C)c1C(C#N)Nc1ccc(F)cc1. The van der Waals surface area contributed by atoms with Crippen LogP contribution in [0, 0.1) is 31.0 Å². The average Bonchev–Trinajstić information content (AvgIpc) is 2.39. The number of aryl methyl sites for hydroxylation is 2. The summed E-state index contributed by atoms with van der Waals surface area (Å²) >= 11 is 0. The van der Waals surface area contributed by atoms with Crippen LogP contribution in [0.25, 0.3) is 0 Å². The Balaban J connectivity index is 2.31. The van der Waals surface area contributed by atoms with Crippen LogP contribution in [-0.4, -0.2) is 0 Å². The molecular weight excluding hydrogens is 239 g/mol. The molecule has 19 heavy (non-hydrogen) atoms. The van der Waals surface area contributed by atoms with E-state index in [1.807, 2.05) is 32.0 Å². The normalized spacial score (nSPS) is 11.7. The molecule has 1 atom stereocenters. The molecule has 2 aromatic carbocycles. The third-order valence-electron chi connectivity index (χ3n) is 3.12. The highest BCUT2D eigenvalue weighted by Gasteiger charge is 2.15. The molecule has 0 aliphatic rings. The van der Waals surface area contributed by atoms with Gasteiger partial charge < -0.3 is 5.32 Å². The predicted molar refractivity (Wildman–Crippen MR) is 74.3 cm³/mol. The highest BCUT2D eigenvalue weighted by molar-refractivity contribution is 5.50. The Morgan fingerprint density at radius 3 is 2.16 bits per heavy atom. The van der Waals surface area contributed by atoms with Gasteiger partial charge in [0.2, 0.25) is 0 Å². The van der Waals surface area contributed by atoms with Crippen molar-refractivity contribution in [3.63, 3.8) is 0 Å². The summed E-state index contributed by atoms with van der Waals surface area (Å²) in [4.78, 5) is 0. The van der Waals surface area contributed by atoms with Gasteiger partial charge in [0.1, 0.15) is 11.9 Å². The molecule has 0 saturated carbocycles. The molecule has 0 aromatic heterocycles. The van der Waals surface area contributed by atoms with Gasteiger partial charge in [-0.2, -0.15) is 5.26 Å². The lowest BCUT2D eigenvalue weighted by molar-refractivity contribution is 0.628. The van der Waals surface area contributed by atoms with Gasteiger partial charge in [0, 0.05) is 5.69 Å². The molecule has 1 unspecified atom stereocenters. The first-order valence-electron chi connectivity index (χ1n) is 6.09. The number of hydrogen-bond donors (Lipinski definition) is 1. The minimum Gasteiger partial charge on any atom is -0.366 e. The van der Waals surface area contributed by atoms with Crippen LogP contribution < -0.4 is 5.32 Å². The average molecular weight is 254 g/mol. The largest absolute Gasteiger partial charge is 0.366 e. The minimum absolute atomic E-state index is 0.286. The number of hydrogen-bond acceptors (Lipinski definition) is 2. The van der Waals surface area contributed by atoms with Crippen LogP contribution in [0.15, 0.2) is 42.5 Å². The van der Waals surface area contributed by atoms with Crippen LogP contribution in [0.5, 0.6) is 0 Å². The number of nitrogens with one attached hydrogen (secondary N) is 1. The summed E-state index contributed by atoms with van der Waals surface area (Å²) in [5, 5.41) is 12.5.